The lowest BCUT2D eigenvalue weighted by atomic mass is 9.96. The molecule has 1 aromatic carbocycles. The van der Waals surface area contributed by atoms with Crippen LogP contribution in [0.2, 0.25) is 0 Å². The zero-order valence-corrected chi connectivity index (χ0v) is 19.5. The number of aliphatic imine (C=N–C) groups is 1. The Bertz CT molecular complexity index is 559. The molecule has 0 spiro atoms. The van der Waals surface area contributed by atoms with Crippen molar-refractivity contribution in [3.8, 4) is 0 Å². The van der Waals surface area contributed by atoms with Crippen LogP contribution in [-0.2, 0) is 9.53 Å². The Hall–Kier alpha value is -1.35. The number of hydrogen-bond donors (Lipinski definition) is 3. The molecule has 0 bridgehead atoms. The molecule has 0 saturated carbocycles. The molecule has 1 unspecified atom stereocenters. The van der Waals surface area contributed by atoms with Gasteiger partial charge < -0.3 is 20.7 Å². The van der Waals surface area contributed by atoms with Gasteiger partial charge in [0.2, 0.25) is 5.91 Å². The number of guanidine groups is 1. The van der Waals surface area contributed by atoms with E-state index < -0.39 is 0 Å². The summed E-state index contributed by atoms with van der Waals surface area (Å²) in [5, 5.41) is 9.33. The summed E-state index contributed by atoms with van der Waals surface area (Å²) in [5.41, 5.74) is 0.826. The van der Waals surface area contributed by atoms with E-state index in [0.29, 0.717) is 19.7 Å². The average molecular weight is 490 g/mol. The Morgan fingerprint density at radius 3 is 2.26 bits per heavy atom. The van der Waals surface area contributed by atoms with Crippen LogP contribution < -0.4 is 16.0 Å². The minimum Gasteiger partial charge on any atom is -0.374 e. The van der Waals surface area contributed by atoms with Gasteiger partial charge in [0, 0.05) is 38.7 Å². The number of hydrogen-bond acceptors (Lipinski definition) is 3. The van der Waals surface area contributed by atoms with Crippen LogP contribution in [0.1, 0.15) is 45.8 Å². The first kappa shape index (κ1) is 25.6. The van der Waals surface area contributed by atoms with Crippen LogP contribution in [0.4, 0.5) is 0 Å². The number of benzene rings is 1. The van der Waals surface area contributed by atoms with Crippen LogP contribution in [0, 0.1) is 5.41 Å². The van der Waals surface area contributed by atoms with Crippen molar-refractivity contribution < 1.29 is 9.53 Å². The van der Waals surface area contributed by atoms with Gasteiger partial charge >= 0.3 is 0 Å². The molecule has 0 aromatic heterocycles. The second-order valence-corrected chi connectivity index (χ2v) is 7.21. The van der Waals surface area contributed by atoms with E-state index in [1.807, 2.05) is 39.0 Å². The van der Waals surface area contributed by atoms with Gasteiger partial charge in [0.15, 0.2) is 5.96 Å². The minimum atomic E-state index is -0.364. The molecule has 1 aromatic rings. The molecule has 0 saturated heterocycles. The van der Waals surface area contributed by atoms with Crippen LogP contribution >= 0.6 is 24.0 Å². The van der Waals surface area contributed by atoms with Gasteiger partial charge in [-0.1, -0.05) is 51.1 Å². The summed E-state index contributed by atoms with van der Waals surface area (Å²) < 4.78 is 5.85. The van der Waals surface area contributed by atoms with Gasteiger partial charge in [-0.2, -0.15) is 0 Å². The van der Waals surface area contributed by atoms with Crippen LogP contribution in [0.3, 0.4) is 0 Å². The largest absolute Gasteiger partial charge is 0.374 e. The van der Waals surface area contributed by atoms with Gasteiger partial charge in [0.1, 0.15) is 0 Å². The van der Waals surface area contributed by atoms with Crippen molar-refractivity contribution in [2.45, 2.75) is 40.2 Å². The van der Waals surface area contributed by atoms with Crippen molar-refractivity contribution in [3.63, 3.8) is 0 Å². The quantitative estimate of drug-likeness (QED) is 0.215. The number of amides is 1. The number of halogens is 1. The van der Waals surface area contributed by atoms with Crippen molar-refractivity contribution in [2.24, 2.45) is 10.4 Å². The lowest BCUT2D eigenvalue weighted by Crippen LogP contribution is -2.43. The zero-order valence-electron chi connectivity index (χ0n) is 17.2. The Morgan fingerprint density at radius 1 is 1.07 bits per heavy atom. The Labute approximate surface area is 181 Å². The van der Waals surface area contributed by atoms with Crippen LogP contribution in [0.25, 0.3) is 0 Å². The molecule has 0 radical (unpaired) electrons. The van der Waals surface area contributed by atoms with E-state index in [1.54, 1.807) is 7.05 Å². The first-order chi connectivity index (χ1) is 12.3. The number of ether oxygens (including phenoxy) is 1. The molecule has 0 heterocycles. The van der Waals surface area contributed by atoms with Crippen molar-refractivity contribution in [1.82, 2.24) is 16.0 Å². The van der Waals surface area contributed by atoms with Gasteiger partial charge in [0.05, 0.1) is 6.10 Å². The van der Waals surface area contributed by atoms with E-state index in [-0.39, 0.29) is 41.4 Å². The molecule has 154 valence electrons. The minimum absolute atomic E-state index is 0. The predicted octanol–water partition coefficient (Wildman–Crippen LogP) is 3.10. The van der Waals surface area contributed by atoms with Gasteiger partial charge in [-0.05, 0) is 18.9 Å². The van der Waals surface area contributed by atoms with E-state index in [2.05, 4.69) is 40.0 Å². The Morgan fingerprint density at radius 2 is 1.67 bits per heavy atom. The molecular weight excluding hydrogens is 455 g/mol. The highest BCUT2D eigenvalue weighted by Crippen LogP contribution is 2.15. The summed E-state index contributed by atoms with van der Waals surface area (Å²) in [4.78, 5) is 16.0. The third kappa shape index (κ3) is 11.2. The molecule has 3 N–H and O–H groups in total. The standard InChI is InChI=1S/C20H34N4O2.HI/c1-16(17-10-7-6-8-11-17)26-15-9-12-23-19(21-5)24-14-13-22-18(25)20(2,3)4;/h6-8,10-11,16H,9,12-15H2,1-5H3,(H,22,25)(H2,21,23,24);1H. The maximum Gasteiger partial charge on any atom is 0.225 e. The van der Waals surface area contributed by atoms with Crippen molar-refractivity contribution in [2.75, 3.05) is 33.3 Å². The lowest BCUT2D eigenvalue weighted by Gasteiger charge is -2.18. The zero-order chi connectivity index (χ0) is 19.4. The number of rotatable bonds is 9. The molecule has 27 heavy (non-hydrogen) atoms. The SMILES string of the molecule is CN=C(NCCCOC(C)c1ccccc1)NCCNC(=O)C(C)(C)C.I. The van der Waals surface area contributed by atoms with Gasteiger partial charge in [-0.25, -0.2) is 0 Å². The first-order valence-corrected chi connectivity index (χ1v) is 9.24. The smallest absolute Gasteiger partial charge is 0.225 e. The van der Waals surface area contributed by atoms with E-state index in [1.165, 1.54) is 5.56 Å². The molecule has 0 aliphatic heterocycles. The molecule has 1 rings (SSSR count). The maximum absolute atomic E-state index is 11.8. The summed E-state index contributed by atoms with van der Waals surface area (Å²) in [6.45, 7) is 10.4. The molecule has 7 heteroatoms. The normalized spacial score (nSPS) is 12.7. The van der Waals surface area contributed by atoms with E-state index in [9.17, 15) is 4.79 Å². The number of nitrogens with one attached hydrogen (secondary N) is 3. The highest BCUT2D eigenvalue weighted by Gasteiger charge is 2.20. The van der Waals surface area contributed by atoms with Crippen LogP contribution in [0.5, 0.6) is 0 Å². The maximum atomic E-state index is 11.8. The third-order valence-corrected chi connectivity index (χ3v) is 3.86. The summed E-state index contributed by atoms with van der Waals surface area (Å²) >= 11 is 0. The molecule has 1 amide bonds. The monoisotopic (exact) mass is 490 g/mol. The van der Waals surface area contributed by atoms with E-state index in [4.69, 9.17) is 4.74 Å². The highest BCUT2D eigenvalue weighted by atomic mass is 127. The lowest BCUT2D eigenvalue weighted by molar-refractivity contribution is -0.128. The van der Waals surface area contributed by atoms with E-state index in [0.717, 1.165) is 18.9 Å². The highest BCUT2D eigenvalue weighted by molar-refractivity contribution is 14.0. The summed E-state index contributed by atoms with van der Waals surface area (Å²) in [6, 6.07) is 10.2. The molecule has 0 fully saturated rings. The average Bonchev–Trinajstić information content (AvgIpc) is 2.62. The third-order valence-electron chi connectivity index (χ3n) is 3.86. The number of carbonyl (C=O) groups excluding carboxylic acids is 1. The predicted molar refractivity (Wildman–Crippen MR) is 123 cm³/mol. The molecule has 0 aliphatic carbocycles. The fourth-order valence-electron chi connectivity index (χ4n) is 2.20. The second-order valence-electron chi connectivity index (χ2n) is 7.21. The molecule has 6 nitrogen and oxygen atoms in total. The Balaban J connectivity index is 0.00000676. The van der Waals surface area contributed by atoms with Gasteiger partial charge in [-0.15, -0.1) is 24.0 Å². The Kier molecular flexibility index (Phi) is 13.1. The van der Waals surface area contributed by atoms with E-state index >= 15 is 0 Å². The molecule has 0 aliphatic rings. The first-order valence-electron chi connectivity index (χ1n) is 9.24. The van der Waals surface area contributed by atoms with Crippen LogP contribution in [-0.4, -0.2) is 45.2 Å². The van der Waals surface area contributed by atoms with Gasteiger partial charge in [-0.3, -0.25) is 9.79 Å². The van der Waals surface area contributed by atoms with Crippen molar-refractivity contribution in [3.05, 3.63) is 35.9 Å². The van der Waals surface area contributed by atoms with Crippen molar-refractivity contribution in [1.29, 1.82) is 0 Å². The van der Waals surface area contributed by atoms with Gasteiger partial charge in [0.25, 0.3) is 0 Å². The summed E-state index contributed by atoms with van der Waals surface area (Å²) in [5.74, 6) is 0.776. The topological polar surface area (TPSA) is 74.8 Å². The fourth-order valence-corrected chi connectivity index (χ4v) is 2.20. The van der Waals surface area contributed by atoms with Crippen molar-refractivity contribution >= 4 is 35.8 Å². The summed E-state index contributed by atoms with van der Waals surface area (Å²) in [7, 11) is 1.73. The van der Waals surface area contributed by atoms with Crippen LogP contribution in [0.15, 0.2) is 35.3 Å². The number of carbonyl (C=O) groups is 1. The molecule has 1 atom stereocenters. The fraction of sp³-hybridized carbons (Fsp3) is 0.600. The molecular formula is C20H35IN4O2. The number of nitrogens with zero attached hydrogens (tertiary/aromatic N) is 1. The second kappa shape index (κ2) is 13.8. The summed E-state index contributed by atoms with van der Waals surface area (Å²) in [6.07, 6.45) is 0.985.